The van der Waals surface area contributed by atoms with Gasteiger partial charge in [-0.15, -0.1) is 0 Å². The van der Waals surface area contributed by atoms with Gasteiger partial charge in [0.1, 0.15) is 6.04 Å². The number of amides is 3. The Hall–Kier alpha value is -2.61. The molecule has 172 valence electrons. The quantitative estimate of drug-likeness (QED) is 0.672. The SMILES string of the molecule is O=C1CCC(N2Cc3cc(CN4CCN(c5cc(Cl)ccc5Cl)CC4)ccc3C2=O)C(=O)N1. The second-order valence-corrected chi connectivity index (χ2v) is 9.59. The Bertz CT molecular complexity index is 1130. The van der Waals surface area contributed by atoms with Crippen LogP contribution in [0.15, 0.2) is 36.4 Å². The van der Waals surface area contributed by atoms with Crippen LogP contribution in [0.25, 0.3) is 0 Å². The molecule has 0 radical (unpaired) electrons. The van der Waals surface area contributed by atoms with Crippen molar-refractivity contribution in [3.05, 3.63) is 63.1 Å². The molecule has 9 heteroatoms. The number of nitrogens with one attached hydrogen (secondary N) is 1. The van der Waals surface area contributed by atoms with E-state index in [0.717, 1.165) is 49.5 Å². The van der Waals surface area contributed by atoms with Crippen molar-refractivity contribution in [2.75, 3.05) is 31.1 Å². The van der Waals surface area contributed by atoms with Crippen LogP contribution in [0.3, 0.4) is 0 Å². The fraction of sp³-hybridized carbons (Fsp3) is 0.375. The maximum atomic E-state index is 12.9. The summed E-state index contributed by atoms with van der Waals surface area (Å²) in [5.41, 5.74) is 3.68. The van der Waals surface area contributed by atoms with Crippen molar-refractivity contribution in [2.45, 2.75) is 32.0 Å². The molecule has 5 rings (SSSR count). The van der Waals surface area contributed by atoms with Gasteiger partial charge in [-0.1, -0.05) is 35.3 Å². The lowest BCUT2D eigenvalue weighted by atomic mass is 10.0. The zero-order valence-corrected chi connectivity index (χ0v) is 19.5. The smallest absolute Gasteiger partial charge is 0.255 e. The normalized spacial score (nSPS) is 21.4. The highest BCUT2D eigenvalue weighted by molar-refractivity contribution is 6.35. The Labute approximate surface area is 202 Å². The van der Waals surface area contributed by atoms with Crippen LogP contribution in [-0.4, -0.2) is 59.7 Å². The minimum atomic E-state index is -0.586. The van der Waals surface area contributed by atoms with Crippen LogP contribution in [0.5, 0.6) is 0 Å². The zero-order valence-electron chi connectivity index (χ0n) is 18.0. The van der Waals surface area contributed by atoms with Crippen molar-refractivity contribution in [3.63, 3.8) is 0 Å². The molecule has 7 nitrogen and oxygen atoms in total. The number of imide groups is 1. The van der Waals surface area contributed by atoms with Gasteiger partial charge in [-0.2, -0.15) is 0 Å². The summed E-state index contributed by atoms with van der Waals surface area (Å²) in [5, 5.41) is 3.73. The number of fused-ring (bicyclic) bond motifs is 1. The van der Waals surface area contributed by atoms with Crippen molar-refractivity contribution >= 4 is 46.6 Å². The first-order valence-corrected chi connectivity index (χ1v) is 11.8. The third kappa shape index (κ3) is 4.45. The number of benzene rings is 2. The summed E-state index contributed by atoms with van der Waals surface area (Å²) in [7, 11) is 0. The first-order chi connectivity index (χ1) is 15.9. The minimum Gasteiger partial charge on any atom is -0.368 e. The predicted octanol–water partition coefficient (Wildman–Crippen LogP) is 3.08. The van der Waals surface area contributed by atoms with Gasteiger partial charge in [0, 0.05) is 56.3 Å². The average molecular weight is 487 g/mol. The number of carbonyl (C=O) groups is 3. The number of rotatable bonds is 4. The monoisotopic (exact) mass is 486 g/mol. The summed E-state index contributed by atoms with van der Waals surface area (Å²) in [4.78, 5) is 42.8. The topological polar surface area (TPSA) is 73.0 Å². The average Bonchev–Trinajstić information content (AvgIpc) is 3.11. The summed E-state index contributed by atoms with van der Waals surface area (Å²) in [6.45, 7) is 4.68. The Morgan fingerprint density at radius 1 is 0.970 bits per heavy atom. The third-order valence-electron chi connectivity index (χ3n) is 6.62. The third-order valence-corrected chi connectivity index (χ3v) is 7.17. The van der Waals surface area contributed by atoms with Crippen molar-refractivity contribution in [1.29, 1.82) is 0 Å². The number of hydrogen-bond donors (Lipinski definition) is 1. The number of halogens is 2. The molecule has 33 heavy (non-hydrogen) atoms. The first kappa shape index (κ1) is 22.2. The van der Waals surface area contributed by atoms with Crippen LogP contribution in [-0.2, 0) is 22.7 Å². The molecule has 3 heterocycles. The van der Waals surface area contributed by atoms with E-state index in [4.69, 9.17) is 23.2 Å². The minimum absolute atomic E-state index is 0.141. The van der Waals surface area contributed by atoms with Crippen LogP contribution in [0, 0.1) is 0 Å². The number of nitrogens with zero attached hydrogens (tertiary/aromatic N) is 3. The maximum Gasteiger partial charge on any atom is 0.255 e. The molecule has 0 aliphatic carbocycles. The molecule has 3 aliphatic rings. The van der Waals surface area contributed by atoms with E-state index in [-0.39, 0.29) is 24.1 Å². The van der Waals surface area contributed by atoms with E-state index in [1.807, 2.05) is 24.3 Å². The fourth-order valence-electron chi connectivity index (χ4n) is 4.86. The number of carbonyl (C=O) groups excluding carboxylic acids is 3. The summed E-state index contributed by atoms with van der Waals surface area (Å²) in [6.07, 6.45) is 0.631. The first-order valence-electron chi connectivity index (χ1n) is 11.1. The van der Waals surface area contributed by atoms with Crippen molar-refractivity contribution in [3.8, 4) is 0 Å². The molecule has 1 N–H and O–H groups in total. The largest absolute Gasteiger partial charge is 0.368 e. The lowest BCUT2D eigenvalue weighted by Gasteiger charge is -2.36. The van der Waals surface area contributed by atoms with Crippen LogP contribution in [0.2, 0.25) is 10.0 Å². The highest BCUT2D eigenvalue weighted by Gasteiger charge is 2.39. The van der Waals surface area contributed by atoms with Gasteiger partial charge in [-0.25, -0.2) is 0 Å². The van der Waals surface area contributed by atoms with E-state index in [1.54, 1.807) is 11.0 Å². The van der Waals surface area contributed by atoms with E-state index in [2.05, 4.69) is 21.2 Å². The highest BCUT2D eigenvalue weighted by Crippen LogP contribution is 2.31. The van der Waals surface area contributed by atoms with Crippen LogP contribution < -0.4 is 10.2 Å². The van der Waals surface area contributed by atoms with Crippen molar-refractivity contribution in [1.82, 2.24) is 15.1 Å². The van der Waals surface area contributed by atoms with Gasteiger partial charge >= 0.3 is 0 Å². The van der Waals surface area contributed by atoms with Gasteiger partial charge < -0.3 is 9.80 Å². The van der Waals surface area contributed by atoms with Crippen LogP contribution in [0.1, 0.15) is 34.3 Å². The summed E-state index contributed by atoms with van der Waals surface area (Å²) in [5.74, 6) is -0.802. The second-order valence-electron chi connectivity index (χ2n) is 8.75. The van der Waals surface area contributed by atoms with Crippen molar-refractivity contribution in [2.24, 2.45) is 0 Å². The molecule has 0 aromatic heterocycles. The lowest BCUT2D eigenvalue weighted by Crippen LogP contribution is -2.52. The molecule has 0 spiro atoms. The summed E-state index contributed by atoms with van der Waals surface area (Å²) < 4.78 is 0. The molecular formula is C24H24Cl2N4O3. The molecule has 0 bridgehead atoms. The predicted molar refractivity (Wildman–Crippen MR) is 126 cm³/mol. The highest BCUT2D eigenvalue weighted by atomic mass is 35.5. The number of piperazine rings is 1. The van der Waals surface area contributed by atoms with E-state index < -0.39 is 6.04 Å². The van der Waals surface area contributed by atoms with E-state index in [0.29, 0.717) is 28.6 Å². The molecule has 0 saturated carbocycles. The molecule has 3 amide bonds. The summed E-state index contributed by atoms with van der Waals surface area (Å²) >= 11 is 12.5. The Kier molecular flexibility index (Phi) is 6.03. The van der Waals surface area contributed by atoms with E-state index in [9.17, 15) is 14.4 Å². The Morgan fingerprint density at radius 2 is 1.76 bits per heavy atom. The number of anilines is 1. The van der Waals surface area contributed by atoms with Gasteiger partial charge in [0.15, 0.2) is 0 Å². The molecule has 2 aromatic rings. The molecule has 2 aromatic carbocycles. The van der Waals surface area contributed by atoms with E-state index in [1.165, 1.54) is 0 Å². The van der Waals surface area contributed by atoms with Crippen molar-refractivity contribution < 1.29 is 14.4 Å². The Balaban J connectivity index is 1.22. The molecule has 1 atom stereocenters. The van der Waals surface area contributed by atoms with Crippen LogP contribution in [0.4, 0.5) is 5.69 Å². The van der Waals surface area contributed by atoms with Gasteiger partial charge in [-0.05, 0) is 41.8 Å². The zero-order chi connectivity index (χ0) is 23.1. The van der Waals surface area contributed by atoms with Gasteiger partial charge in [0.25, 0.3) is 5.91 Å². The van der Waals surface area contributed by atoms with Gasteiger partial charge in [-0.3, -0.25) is 24.6 Å². The fourth-order valence-corrected chi connectivity index (χ4v) is 5.26. The van der Waals surface area contributed by atoms with Gasteiger partial charge in [0.05, 0.1) is 10.7 Å². The number of piperidine rings is 1. The Morgan fingerprint density at radius 3 is 2.52 bits per heavy atom. The lowest BCUT2D eigenvalue weighted by molar-refractivity contribution is -0.136. The number of hydrogen-bond acceptors (Lipinski definition) is 5. The maximum absolute atomic E-state index is 12.9. The second kappa shape index (κ2) is 8.97. The molecule has 2 saturated heterocycles. The molecule has 2 fully saturated rings. The van der Waals surface area contributed by atoms with Crippen LogP contribution >= 0.6 is 23.2 Å². The standard InChI is InChI=1S/C24H24Cl2N4O3/c25-17-2-4-19(26)21(12-17)29-9-7-28(8-10-29)13-15-1-3-18-16(11-15)14-30(24(18)33)20-5-6-22(31)27-23(20)32/h1-4,11-12,20H,5-10,13-14H2,(H,27,31,32). The molecule has 1 unspecified atom stereocenters. The molecular weight excluding hydrogens is 463 g/mol. The van der Waals surface area contributed by atoms with Gasteiger partial charge in [0.2, 0.25) is 11.8 Å². The molecule has 3 aliphatic heterocycles. The van der Waals surface area contributed by atoms with E-state index >= 15 is 0 Å². The summed E-state index contributed by atoms with van der Waals surface area (Å²) in [6, 6.07) is 10.9.